The minimum Gasteiger partial charge on any atom is -0.358 e. The molecule has 0 saturated heterocycles. The van der Waals surface area contributed by atoms with Crippen LogP contribution in [0, 0.1) is 10.1 Å². The summed E-state index contributed by atoms with van der Waals surface area (Å²) in [5.74, 6) is 0. The van der Waals surface area contributed by atoms with Crippen molar-refractivity contribution in [3.05, 3.63) is 225 Å². The van der Waals surface area contributed by atoms with Gasteiger partial charge < -0.3 is 14.2 Å². The summed E-state index contributed by atoms with van der Waals surface area (Å²) in [7, 11) is 0. The summed E-state index contributed by atoms with van der Waals surface area (Å²) in [6.45, 7) is 3.67. The fourth-order valence-electron chi connectivity index (χ4n) is 6.87. The van der Waals surface area contributed by atoms with Gasteiger partial charge in [-0.15, -0.1) is 0 Å². The summed E-state index contributed by atoms with van der Waals surface area (Å²) < 4.78 is 19.1. The quantitative estimate of drug-likeness (QED) is 0.0324. The lowest BCUT2D eigenvalue weighted by Gasteiger charge is -2.30. The molecule has 0 aliphatic rings. The van der Waals surface area contributed by atoms with Crippen LogP contribution in [0.15, 0.2) is 182 Å². The predicted octanol–water partition coefficient (Wildman–Crippen LogP) is 9.03. The van der Waals surface area contributed by atoms with E-state index in [4.69, 9.17) is 14.2 Å². The number of ether oxygens (including phenoxy) is 3. The van der Waals surface area contributed by atoms with Crippen molar-refractivity contribution in [3.63, 3.8) is 0 Å². The van der Waals surface area contributed by atoms with Crippen LogP contribution in [-0.4, -0.2) is 65.2 Å². The number of rotatable bonds is 25. The van der Waals surface area contributed by atoms with Gasteiger partial charge in [0.2, 0.25) is 0 Å². The molecule has 0 bridgehead atoms. The van der Waals surface area contributed by atoms with E-state index in [-0.39, 0.29) is 44.9 Å². The number of nitro groups is 1. The smallest absolute Gasteiger partial charge is 0.290 e. The van der Waals surface area contributed by atoms with Gasteiger partial charge in [0.25, 0.3) is 5.54 Å². The van der Waals surface area contributed by atoms with Gasteiger partial charge in [-0.2, -0.15) is 0 Å². The van der Waals surface area contributed by atoms with Crippen LogP contribution < -0.4 is 0 Å². The van der Waals surface area contributed by atoms with Crippen LogP contribution in [0.4, 0.5) is 0 Å². The normalized spacial score (nSPS) is 11.7. The van der Waals surface area contributed by atoms with E-state index in [0.717, 1.165) is 33.4 Å². The Morgan fingerprint density at radius 3 is 0.724 bits per heavy atom. The van der Waals surface area contributed by atoms with Crippen molar-refractivity contribution in [1.29, 1.82) is 0 Å². The second-order valence-corrected chi connectivity index (χ2v) is 14.8. The van der Waals surface area contributed by atoms with Crippen molar-refractivity contribution >= 4 is 0 Å². The highest BCUT2D eigenvalue weighted by Gasteiger charge is 2.45. The number of hydrogen-bond donors (Lipinski definition) is 0. The molecule has 0 atom stereocenters. The van der Waals surface area contributed by atoms with Gasteiger partial charge in [0.15, 0.2) is 0 Å². The first kappa shape index (κ1) is 42.1. The van der Waals surface area contributed by atoms with Crippen molar-refractivity contribution in [2.24, 2.45) is 0 Å². The molecule has 6 aromatic carbocycles. The Balaban J connectivity index is 1.19. The van der Waals surface area contributed by atoms with Gasteiger partial charge in [-0.1, -0.05) is 182 Å². The molecule has 300 valence electrons. The molecule has 6 aromatic rings. The molecule has 0 unspecified atom stereocenters. The van der Waals surface area contributed by atoms with Gasteiger partial charge in [-0.25, -0.2) is 0 Å². The average Bonchev–Trinajstić information content (AvgIpc) is 3.25. The molecule has 9 nitrogen and oxygen atoms in total. The molecule has 0 N–H and O–H groups in total. The maximum atomic E-state index is 13.3. The van der Waals surface area contributed by atoms with Gasteiger partial charge in [-0.05, 0) is 33.4 Å². The zero-order valence-corrected chi connectivity index (χ0v) is 33.1. The highest BCUT2D eigenvalue weighted by molar-refractivity contribution is 5.20. The third-order valence-corrected chi connectivity index (χ3v) is 9.82. The average molecular weight is 779 g/mol. The predicted molar refractivity (Wildman–Crippen MR) is 229 cm³/mol. The zero-order valence-electron chi connectivity index (χ0n) is 33.1. The molecule has 6 rings (SSSR count). The minimum absolute atomic E-state index is 0.182. The Labute approximate surface area is 343 Å². The van der Waals surface area contributed by atoms with E-state index in [9.17, 15) is 10.1 Å². The summed E-state index contributed by atoms with van der Waals surface area (Å²) in [6.07, 6.45) is 0. The Hall–Kier alpha value is -5.52. The molecule has 0 aliphatic carbocycles. The highest BCUT2D eigenvalue weighted by atomic mass is 16.6. The lowest BCUT2D eigenvalue weighted by molar-refractivity contribution is -0.584. The fourth-order valence-corrected chi connectivity index (χ4v) is 6.87. The topological polar surface area (TPSA) is 80.5 Å². The van der Waals surface area contributed by atoms with E-state index in [1.165, 1.54) is 0 Å². The van der Waals surface area contributed by atoms with Crippen LogP contribution in [0.25, 0.3) is 0 Å². The summed E-state index contributed by atoms with van der Waals surface area (Å²) in [5, 5.41) is 13.3. The Kier molecular flexibility index (Phi) is 16.7. The lowest BCUT2D eigenvalue weighted by Crippen LogP contribution is -2.53. The summed E-state index contributed by atoms with van der Waals surface area (Å²) in [6, 6.07) is 61.1. The molecule has 0 heterocycles. The van der Waals surface area contributed by atoms with Gasteiger partial charge in [-0.3, -0.25) is 24.8 Å². The summed E-state index contributed by atoms with van der Waals surface area (Å²) >= 11 is 0. The van der Waals surface area contributed by atoms with Gasteiger partial charge in [0.05, 0.1) is 20.2 Å². The number of nitrogens with zero attached hydrogens (tertiary/aromatic N) is 4. The van der Waals surface area contributed by atoms with Crippen LogP contribution in [-0.2, 0) is 53.5 Å². The van der Waals surface area contributed by atoms with Crippen LogP contribution in [0.2, 0.25) is 0 Å². The van der Waals surface area contributed by atoms with Crippen LogP contribution in [0.5, 0.6) is 0 Å². The lowest BCUT2D eigenvalue weighted by atomic mass is 10.0. The molecule has 0 amide bonds. The number of hydrogen-bond acceptors (Lipinski definition) is 8. The minimum atomic E-state index is -1.68. The van der Waals surface area contributed by atoms with E-state index in [0.29, 0.717) is 39.3 Å². The molecule has 9 heteroatoms. The molecule has 0 radical (unpaired) electrons. The van der Waals surface area contributed by atoms with Crippen LogP contribution in [0.1, 0.15) is 33.4 Å². The third kappa shape index (κ3) is 14.1. The van der Waals surface area contributed by atoms with Crippen LogP contribution in [0.3, 0.4) is 0 Å². The van der Waals surface area contributed by atoms with Crippen LogP contribution >= 0.6 is 0 Å². The maximum Gasteiger partial charge on any atom is 0.290 e. The maximum absolute atomic E-state index is 13.3. The standard InChI is InChI=1S/C49H54N4O5/c54-53(55)49(37-56-40-50(31-43-19-7-1-8-20-43)32-44-21-9-2-10-22-44,38-57-41-51(33-45-23-11-3-12-24-45)34-46-25-13-4-14-26-46)39-58-42-52(35-47-27-15-5-16-28-47)36-48-29-17-6-18-30-48/h1-30H,31-42H2. The fraction of sp³-hybridized carbons (Fsp3) is 0.265. The van der Waals surface area contributed by atoms with E-state index in [2.05, 4.69) is 87.5 Å². The Morgan fingerprint density at radius 2 is 0.552 bits per heavy atom. The second kappa shape index (κ2) is 23.0. The zero-order chi connectivity index (χ0) is 40.1. The molecular weight excluding hydrogens is 725 g/mol. The van der Waals surface area contributed by atoms with Gasteiger partial charge in [0.1, 0.15) is 19.8 Å². The molecule has 0 spiro atoms. The van der Waals surface area contributed by atoms with E-state index < -0.39 is 5.54 Å². The monoisotopic (exact) mass is 778 g/mol. The first-order chi connectivity index (χ1) is 28.5. The Morgan fingerprint density at radius 1 is 0.362 bits per heavy atom. The highest BCUT2D eigenvalue weighted by Crippen LogP contribution is 2.19. The molecule has 0 fully saturated rings. The van der Waals surface area contributed by atoms with Crippen molar-refractivity contribution < 1.29 is 19.1 Å². The SMILES string of the molecule is O=[N+]([O-])C(COCN(Cc1ccccc1)Cc1ccccc1)(COCN(Cc1ccccc1)Cc1ccccc1)COCN(Cc1ccccc1)Cc1ccccc1. The third-order valence-electron chi connectivity index (χ3n) is 9.82. The van der Waals surface area contributed by atoms with Crippen molar-refractivity contribution in [1.82, 2.24) is 14.7 Å². The molecule has 0 saturated carbocycles. The molecule has 58 heavy (non-hydrogen) atoms. The van der Waals surface area contributed by atoms with E-state index >= 15 is 0 Å². The number of benzene rings is 6. The van der Waals surface area contributed by atoms with Crippen molar-refractivity contribution in [2.75, 3.05) is 40.0 Å². The Bertz CT molecular complexity index is 1660. The van der Waals surface area contributed by atoms with E-state index in [1.54, 1.807) is 0 Å². The largest absolute Gasteiger partial charge is 0.358 e. The second-order valence-electron chi connectivity index (χ2n) is 14.8. The first-order valence-corrected chi connectivity index (χ1v) is 19.8. The summed E-state index contributed by atoms with van der Waals surface area (Å²) in [5.41, 5.74) is 5.09. The summed E-state index contributed by atoms with van der Waals surface area (Å²) in [4.78, 5) is 19.5. The molecule has 0 aromatic heterocycles. The van der Waals surface area contributed by atoms with Gasteiger partial charge in [0, 0.05) is 44.2 Å². The van der Waals surface area contributed by atoms with Crippen molar-refractivity contribution in [2.45, 2.75) is 44.8 Å². The van der Waals surface area contributed by atoms with Crippen molar-refractivity contribution in [3.8, 4) is 0 Å². The van der Waals surface area contributed by atoms with E-state index in [1.807, 2.05) is 109 Å². The molecule has 0 aliphatic heterocycles. The first-order valence-electron chi connectivity index (χ1n) is 19.8. The molecular formula is C49H54N4O5. The van der Waals surface area contributed by atoms with Gasteiger partial charge >= 0.3 is 0 Å².